The number of aromatic nitrogens is 5. The van der Waals surface area contributed by atoms with Crippen LogP contribution in [0.25, 0.3) is 22.3 Å². The van der Waals surface area contributed by atoms with Crippen LogP contribution in [0.4, 0.5) is 5.69 Å². The molecule has 0 aliphatic carbocycles. The number of carbonyl (C=O) groups excluding carboxylic acids is 1. The summed E-state index contributed by atoms with van der Waals surface area (Å²) in [6.07, 6.45) is 11.3. The minimum Gasteiger partial charge on any atom is -0.309 e. The molecule has 0 radical (unpaired) electrons. The van der Waals surface area contributed by atoms with E-state index in [4.69, 9.17) is 5.26 Å². The van der Waals surface area contributed by atoms with Crippen molar-refractivity contribution < 1.29 is 4.79 Å². The summed E-state index contributed by atoms with van der Waals surface area (Å²) < 4.78 is 3.51. The summed E-state index contributed by atoms with van der Waals surface area (Å²) in [4.78, 5) is 18.3. The molecule has 0 bridgehead atoms. The van der Waals surface area contributed by atoms with Crippen molar-refractivity contribution in [2.24, 2.45) is 5.92 Å². The Hall–Kier alpha value is -3.99. The summed E-state index contributed by atoms with van der Waals surface area (Å²) >= 11 is 0. The number of nitriles is 1. The molecule has 1 aliphatic heterocycles. The third-order valence-corrected chi connectivity index (χ3v) is 4.96. The molecule has 1 fully saturated rings. The van der Waals surface area contributed by atoms with Crippen molar-refractivity contribution in [3.8, 4) is 22.9 Å². The van der Waals surface area contributed by atoms with Crippen molar-refractivity contribution in [2.45, 2.75) is 6.42 Å². The molecule has 4 aromatic rings. The van der Waals surface area contributed by atoms with E-state index in [1.807, 2.05) is 36.7 Å². The molecule has 0 N–H and O–H groups in total. The lowest BCUT2D eigenvalue weighted by Crippen LogP contribution is -2.27. The highest BCUT2D eigenvalue weighted by molar-refractivity contribution is 6.02. The van der Waals surface area contributed by atoms with Gasteiger partial charge in [-0.25, -0.2) is 9.20 Å². The van der Waals surface area contributed by atoms with Crippen LogP contribution in [0.3, 0.4) is 0 Å². The standard InChI is InChI=1S/C20H15N7O/c21-9-14-4-7-25(20(14)28)18-3-6-23-27-12-15(8-19(18)27)16-10-24-26(13-16)17-2-1-5-22-11-17/h1-3,5-6,8,10-14H,4,7H2. The van der Waals surface area contributed by atoms with Crippen LogP contribution in [0.2, 0.25) is 0 Å². The van der Waals surface area contributed by atoms with E-state index < -0.39 is 5.92 Å². The Balaban J connectivity index is 1.54. The number of rotatable bonds is 3. The second-order valence-electron chi connectivity index (χ2n) is 6.62. The topological polar surface area (TPSA) is 92.1 Å². The molecule has 5 heterocycles. The lowest BCUT2D eigenvalue weighted by molar-refractivity contribution is -0.118. The van der Waals surface area contributed by atoms with Gasteiger partial charge in [-0.05, 0) is 30.7 Å². The Morgan fingerprint density at radius 3 is 2.82 bits per heavy atom. The average Bonchev–Trinajstić information content (AvgIpc) is 3.46. The van der Waals surface area contributed by atoms with Crippen molar-refractivity contribution in [2.75, 3.05) is 11.4 Å². The molecule has 8 nitrogen and oxygen atoms in total. The second-order valence-corrected chi connectivity index (χ2v) is 6.62. The average molecular weight is 369 g/mol. The monoisotopic (exact) mass is 369 g/mol. The highest BCUT2D eigenvalue weighted by atomic mass is 16.2. The van der Waals surface area contributed by atoms with Crippen LogP contribution < -0.4 is 4.90 Å². The van der Waals surface area contributed by atoms with Gasteiger partial charge >= 0.3 is 0 Å². The van der Waals surface area contributed by atoms with E-state index in [1.165, 1.54) is 0 Å². The number of hydrogen-bond acceptors (Lipinski definition) is 5. The van der Waals surface area contributed by atoms with Crippen LogP contribution in [-0.4, -0.2) is 36.8 Å². The summed E-state index contributed by atoms with van der Waals surface area (Å²) in [6, 6.07) is 9.68. The number of amides is 1. The highest BCUT2D eigenvalue weighted by Gasteiger charge is 2.33. The van der Waals surface area contributed by atoms with Crippen molar-refractivity contribution in [1.29, 1.82) is 5.26 Å². The fourth-order valence-electron chi connectivity index (χ4n) is 3.53. The van der Waals surface area contributed by atoms with Crippen molar-refractivity contribution in [3.63, 3.8) is 0 Å². The zero-order chi connectivity index (χ0) is 19.1. The van der Waals surface area contributed by atoms with Crippen molar-refractivity contribution >= 4 is 17.1 Å². The summed E-state index contributed by atoms with van der Waals surface area (Å²) in [7, 11) is 0. The Kier molecular flexibility index (Phi) is 3.66. The molecule has 1 unspecified atom stereocenters. The predicted molar refractivity (Wildman–Crippen MR) is 102 cm³/mol. The van der Waals surface area contributed by atoms with Gasteiger partial charge in [0, 0.05) is 42.5 Å². The first-order chi connectivity index (χ1) is 13.7. The lowest BCUT2D eigenvalue weighted by Gasteiger charge is -2.16. The van der Waals surface area contributed by atoms with Gasteiger partial charge in [-0.1, -0.05) is 0 Å². The summed E-state index contributed by atoms with van der Waals surface area (Å²) in [5.41, 5.74) is 4.34. The van der Waals surface area contributed by atoms with Gasteiger partial charge < -0.3 is 4.90 Å². The third-order valence-electron chi connectivity index (χ3n) is 4.96. The van der Waals surface area contributed by atoms with Gasteiger partial charge in [0.25, 0.3) is 0 Å². The first-order valence-electron chi connectivity index (χ1n) is 8.88. The van der Waals surface area contributed by atoms with Crippen molar-refractivity contribution in [1.82, 2.24) is 24.4 Å². The summed E-state index contributed by atoms with van der Waals surface area (Å²) in [6.45, 7) is 0.538. The van der Waals surface area contributed by atoms with Gasteiger partial charge in [0.1, 0.15) is 5.92 Å². The predicted octanol–water partition coefficient (Wildman–Crippen LogP) is 2.46. The van der Waals surface area contributed by atoms with Crippen LogP contribution in [0.5, 0.6) is 0 Å². The van der Waals surface area contributed by atoms with Gasteiger partial charge in [0.15, 0.2) is 0 Å². The van der Waals surface area contributed by atoms with E-state index >= 15 is 0 Å². The van der Waals surface area contributed by atoms with E-state index in [0.29, 0.717) is 13.0 Å². The first kappa shape index (κ1) is 16.2. The Bertz CT molecular complexity index is 1220. The van der Waals surface area contributed by atoms with Crippen LogP contribution in [0.15, 0.2) is 61.4 Å². The molecule has 0 spiro atoms. The second kappa shape index (κ2) is 6.32. The van der Waals surface area contributed by atoms with Crippen LogP contribution in [-0.2, 0) is 4.79 Å². The normalized spacial score (nSPS) is 16.6. The highest BCUT2D eigenvalue weighted by Crippen LogP contribution is 2.31. The molecule has 0 saturated carbocycles. The number of fused-ring (bicyclic) bond motifs is 1. The Morgan fingerprint density at radius 1 is 1.11 bits per heavy atom. The Labute approximate surface area is 160 Å². The number of carbonyl (C=O) groups is 1. The van der Waals surface area contributed by atoms with Crippen LogP contribution in [0, 0.1) is 17.2 Å². The zero-order valence-electron chi connectivity index (χ0n) is 14.8. The maximum Gasteiger partial charge on any atom is 0.244 e. The molecule has 8 heteroatoms. The van der Waals surface area contributed by atoms with Crippen molar-refractivity contribution in [3.05, 3.63) is 61.4 Å². The fraction of sp³-hybridized carbons (Fsp3) is 0.150. The van der Waals surface area contributed by atoms with Gasteiger partial charge in [0.05, 0.1) is 35.4 Å². The minimum absolute atomic E-state index is 0.150. The zero-order valence-corrected chi connectivity index (χ0v) is 14.8. The molecule has 5 rings (SSSR count). The van der Waals surface area contributed by atoms with E-state index in [1.54, 1.807) is 38.9 Å². The van der Waals surface area contributed by atoms with E-state index in [0.717, 1.165) is 28.0 Å². The maximum atomic E-state index is 12.5. The summed E-state index contributed by atoms with van der Waals surface area (Å²) in [5, 5.41) is 17.9. The molecule has 4 aromatic heterocycles. The van der Waals surface area contributed by atoms with Crippen LogP contribution >= 0.6 is 0 Å². The number of anilines is 1. The minimum atomic E-state index is -0.569. The van der Waals surface area contributed by atoms with Crippen LogP contribution in [0.1, 0.15) is 6.42 Å². The molecule has 28 heavy (non-hydrogen) atoms. The number of hydrogen-bond donors (Lipinski definition) is 0. The van der Waals surface area contributed by atoms with Gasteiger partial charge in [-0.15, -0.1) is 0 Å². The molecule has 1 saturated heterocycles. The third kappa shape index (κ3) is 2.53. The molecular formula is C20H15N7O. The Morgan fingerprint density at radius 2 is 2.04 bits per heavy atom. The molecule has 0 aromatic carbocycles. The van der Waals surface area contributed by atoms with E-state index in [-0.39, 0.29) is 5.91 Å². The van der Waals surface area contributed by atoms with E-state index in [9.17, 15) is 4.79 Å². The number of nitrogens with zero attached hydrogens (tertiary/aromatic N) is 7. The first-order valence-corrected chi connectivity index (χ1v) is 8.88. The van der Waals surface area contributed by atoms with Gasteiger partial charge in [0.2, 0.25) is 5.91 Å². The smallest absolute Gasteiger partial charge is 0.244 e. The SMILES string of the molecule is N#CC1CCN(c2ccnn3cc(-c4cnn(-c5cccnc5)c4)cc23)C1=O. The maximum absolute atomic E-state index is 12.5. The molecule has 1 amide bonds. The molecular weight excluding hydrogens is 354 g/mol. The largest absolute Gasteiger partial charge is 0.309 e. The van der Waals surface area contributed by atoms with E-state index in [2.05, 4.69) is 21.3 Å². The molecule has 136 valence electrons. The molecule has 1 aliphatic rings. The quantitative estimate of drug-likeness (QED) is 0.553. The van der Waals surface area contributed by atoms with Gasteiger partial charge in [-0.3, -0.25) is 9.78 Å². The fourth-order valence-corrected chi connectivity index (χ4v) is 3.53. The number of pyridine rings is 1. The molecule has 1 atom stereocenters. The lowest BCUT2D eigenvalue weighted by atomic mass is 10.1. The summed E-state index contributed by atoms with van der Waals surface area (Å²) in [5.74, 6) is -0.719. The van der Waals surface area contributed by atoms with Gasteiger partial charge in [-0.2, -0.15) is 15.5 Å².